The Bertz CT molecular complexity index is 177. The number of carbonyl (C=O) groups excluding carboxylic acids is 1. The van der Waals surface area contributed by atoms with E-state index in [-0.39, 0.29) is 12.0 Å². The Hall–Kier alpha value is -0.410. The zero-order valence-corrected chi connectivity index (χ0v) is 6.75. The van der Waals surface area contributed by atoms with Crippen molar-refractivity contribution in [3.05, 3.63) is 0 Å². The molecule has 2 heterocycles. The van der Waals surface area contributed by atoms with E-state index in [9.17, 15) is 4.79 Å². The number of ether oxygens (including phenoxy) is 1. The number of nitrogens with zero attached hydrogens (tertiary/aromatic N) is 1. The second-order valence-corrected chi connectivity index (χ2v) is 3.47. The van der Waals surface area contributed by atoms with Crippen molar-refractivity contribution in [3.63, 3.8) is 0 Å². The van der Waals surface area contributed by atoms with Gasteiger partial charge >= 0.3 is 0 Å². The van der Waals surface area contributed by atoms with Crippen LogP contribution in [0.1, 0.15) is 6.42 Å². The van der Waals surface area contributed by atoms with E-state index in [1.165, 1.54) is 0 Å². The lowest BCUT2D eigenvalue weighted by molar-refractivity contribution is -0.123. The highest BCUT2D eigenvalue weighted by molar-refractivity contribution is 5.87. The lowest BCUT2D eigenvalue weighted by Gasteiger charge is -2.06. The van der Waals surface area contributed by atoms with Gasteiger partial charge in [-0.05, 0) is 20.0 Å². The summed E-state index contributed by atoms with van der Waals surface area (Å²) >= 11 is 0. The van der Waals surface area contributed by atoms with Gasteiger partial charge in [0.2, 0.25) is 0 Å². The third-order valence-corrected chi connectivity index (χ3v) is 2.44. The number of epoxide rings is 1. The lowest BCUT2D eigenvalue weighted by Crippen LogP contribution is -2.23. The number of hydrogen-bond donors (Lipinski definition) is 0. The van der Waals surface area contributed by atoms with E-state index in [1.54, 1.807) is 0 Å². The summed E-state index contributed by atoms with van der Waals surface area (Å²) < 4.78 is 4.95. The van der Waals surface area contributed by atoms with Gasteiger partial charge in [0.15, 0.2) is 5.78 Å². The fourth-order valence-electron chi connectivity index (χ4n) is 1.64. The van der Waals surface area contributed by atoms with Crippen LogP contribution in [0.25, 0.3) is 0 Å². The van der Waals surface area contributed by atoms with Crippen LogP contribution < -0.4 is 0 Å². The fourth-order valence-corrected chi connectivity index (χ4v) is 1.64. The van der Waals surface area contributed by atoms with E-state index in [4.69, 9.17) is 4.74 Å². The van der Waals surface area contributed by atoms with Gasteiger partial charge in [0.1, 0.15) is 6.10 Å². The number of hydrogen-bond acceptors (Lipinski definition) is 3. The summed E-state index contributed by atoms with van der Waals surface area (Å²) in [5, 5.41) is 0. The van der Waals surface area contributed by atoms with Crippen LogP contribution in [0.2, 0.25) is 0 Å². The highest BCUT2D eigenvalue weighted by Crippen LogP contribution is 2.22. The average molecular weight is 155 g/mol. The Balaban J connectivity index is 1.89. The molecule has 0 radical (unpaired) electrons. The second-order valence-electron chi connectivity index (χ2n) is 3.47. The largest absolute Gasteiger partial charge is 0.365 e. The van der Waals surface area contributed by atoms with Gasteiger partial charge in [-0.15, -0.1) is 0 Å². The molecule has 0 bridgehead atoms. The SMILES string of the molecule is CN1CCC(C(=O)C2CO2)C1. The fraction of sp³-hybridized carbons (Fsp3) is 0.875. The zero-order valence-electron chi connectivity index (χ0n) is 6.75. The molecule has 11 heavy (non-hydrogen) atoms. The van der Waals surface area contributed by atoms with E-state index in [1.807, 2.05) is 0 Å². The van der Waals surface area contributed by atoms with Gasteiger partial charge in [-0.1, -0.05) is 0 Å². The molecule has 0 aliphatic carbocycles. The van der Waals surface area contributed by atoms with Crippen molar-refractivity contribution < 1.29 is 9.53 Å². The van der Waals surface area contributed by atoms with Crippen molar-refractivity contribution in [1.29, 1.82) is 0 Å². The summed E-state index contributed by atoms with van der Waals surface area (Å²) in [5.41, 5.74) is 0. The van der Waals surface area contributed by atoms with Crippen LogP contribution in [-0.4, -0.2) is 43.5 Å². The smallest absolute Gasteiger partial charge is 0.168 e. The quantitative estimate of drug-likeness (QED) is 0.522. The molecule has 3 nitrogen and oxygen atoms in total. The van der Waals surface area contributed by atoms with Gasteiger partial charge in [-0.25, -0.2) is 0 Å². The molecule has 2 aliphatic rings. The molecule has 0 aromatic carbocycles. The molecule has 2 aliphatic heterocycles. The summed E-state index contributed by atoms with van der Waals surface area (Å²) in [4.78, 5) is 13.6. The molecule has 2 saturated heterocycles. The molecule has 2 unspecified atom stereocenters. The van der Waals surface area contributed by atoms with Gasteiger partial charge in [0, 0.05) is 12.5 Å². The van der Waals surface area contributed by atoms with Crippen molar-refractivity contribution in [2.45, 2.75) is 12.5 Å². The molecule has 0 saturated carbocycles. The minimum absolute atomic E-state index is 0.0356. The van der Waals surface area contributed by atoms with Crippen molar-refractivity contribution >= 4 is 5.78 Å². The van der Waals surface area contributed by atoms with Crippen molar-refractivity contribution in [2.75, 3.05) is 26.7 Å². The van der Waals surface area contributed by atoms with Crippen molar-refractivity contribution in [2.24, 2.45) is 5.92 Å². The summed E-state index contributed by atoms with van der Waals surface area (Å²) in [6.45, 7) is 2.65. The molecular formula is C8H13NO2. The van der Waals surface area contributed by atoms with Gasteiger partial charge in [-0.3, -0.25) is 4.79 Å². The van der Waals surface area contributed by atoms with Gasteiger partial charge in [0.05, 0.1) is 6.61 Å². The Labute approximate surface area is 66.3 Å². The van der Waals surface area contributed by atoms with Gasteiger partial charge in [0.25, 0.3) is 0 Å². The van der Waals surface area contributed by atoms with Crippen LogP contribution in [0.4, 0.5) is 0 Å². The molecule has 2 rings (SSSR count). The monoisotopic (exact) mass is 155 g/mol. The summed E-state index contributed by atoms with van der Waals surface area (Å²) in [5.74, 6) is 0.585. The van der Waals surface area contributed by atoms with Crippen LogP contribution in [0.3, 0.4) is 0 Å². The summed E-state index contributed by atoms with van der Waals surface area (Å²) in [6.07, 6.45) is 0.987. The van der Waals surface area contributed by atoms with Crippen molar-refractivity contribution in [1.82, 2.24) is 4.90 Å². The highest BCUT2D eigenvalue weighted by atomic mass is 16.6. The van der Waals surface area contributed by atoms with Crippen molar-refractivity contribution in [3.8, 4) is 0 Å². The Morgan fingerprint density at radius 2 is 2.36 bits per heavy atom. The van der Waals surface area contributed by atoms with E-state index in [0.29, 0.717) is 12.4 Å². The third kappa shape index (κ3) is 1.44. The molecule has 0 aromatic heterocycles. The molecule has 0 amide bonds. The van der Waals surface area contributed by atoms with Crippen LogP contribution in [-0.2, 0) is 9.53 Å². The molecule has 62 valence electrons. The predicted octanol–water partition coefficient (Wildman–Crippen LogP) is -0.0940. The summed E-state index contributed by atoms with van der Waals surface area (Å²) in [6, 6.07) is 0. The van der Waals surface area contributed by atoms with Gasteiger partial charge in [-0.2, -0.15) is 0 Å². The first-order valence-electron chi connectivity index (χ1n) is 4.11. The highest BCUT2D eigenvalue weighted by Gasteiger charge is 2.38. The predicted molar refractivity (Wildman–Crippen MR) is 40.4 cm³/mol. The molecule has 0 spiro atoms. The van der Waals surface area contributed by atoms with Crippen LogP contribution in [0.5, 0.6) is 0 Å². The number of likely N-dealkylation sites (tertiary alicyclic amines) is 1. The number of rotatable bonds is 2. The topological polar surface area (TPSA) is 32.8 Å². The van der Waals surface area contributed by atoms with E-state index >= 15 is 0 Å². The number of Topliss-reactive ketones (excluding diaryl/α,β-unsaturated/α-hetero) is 1. The normalized spacial score (nSPS) is 37.5. The molecule has 0 aromatic rings. The Morgan fingerprint density at radius 1 is 1.64 bits per heavy atom. The zero-order chi connectivity index (χ0) is 7.84. The molecular weight excluding hydrogens is 142 g/mol. The average Bonchev–Trinajstić information content (AvgIpc) is 2.74. The minimum atomic E-state index is -0.0356. The minimum Gasteiger partial charge on any atom is -0.365 e. The molecule has 3 heteroatoms. The van der Waals surface area contributed by atoms with Crippen LogP contribution >= 0.6 is 0 Å². The first kappa shape index (κ1) is 7.25. The standard InChI is InChI=1S/C8H13NO2/c1-9-3-2-6(4-9)8(10)7-5-11-7/h6-7H,2-5H2,1H3. The molecule has 2 fully saturated rings. The first-order valence-corrected chi connectivity index (χ1v) is 4.11. The number of ketones is 1. The maximum Gasteiger partial charge on any atom is 0.168 e. The third-order valence-electron chi connectivity index (χ3n) is 2.44. The molecule has 0 N–H and O–H groups in total. The van der Waals surface area contributed by atoms with E-state index < -0.39 is 0 Å². The first-order chi connectivity index (χ1) is 5.27. The Morgan fingerprint density at radius 3 is 2.82 bits per heavy atom. The van der Waals surface area contributed by atoms with E-state index in [0.717, 1.165) is 19.5 Å². The van der Waals surface area contributed by atoms with Crippen LogP contribution in [0, 0.1) is 5.92 Å². The van der Waals surface area contributed by atoms with E-state index in [2.05, 4.69) is 11.9 Å². The number of carbonyl (C=O) groups is 1. The maximum absolute atomic E-state index is 11.4. The Kier molecular flexibility index (Phi) is 1.69. The second kappa shape index (κ2) is 2.57. The molecule has 2 atom stereocenters. The lowest BCUT2D eigenvalue weighted by atomic mass is 10.0. The summed E-state index contributed by atoms with van der Waals surface area (Å²) in [7, 11) is 2.06. The maximum atomic E-state index is 11.4. The van der Waals surface area contributed by atoms with Gasteiger partial charge < -0.3 is 9.64 Å². The van der Waals surface area contributed by atoms with Crippen LogP contribution in [0.15, 0.2) is 0 Å².